The summed E-state index contributed by atoms with van der Waals surface area (Å²) in [5.41, 5.74) is 0.310. The average Bonchev–Trinajstić information content (AvgIpc) is 2.63. The second-order valence-corrected chi connectivity index (χ2v) is 4.08. The van der Waals surface area contributed by atoms with E-state index in [4.69, 9.17) is 4.42 Å². The Morgan fingerprint density at radius 3 is 3.00 bits per heavy atom. The summed E-state index contributed by atoms with van der Waals surface area (Å²) in [6, 6.07) is 1.88. The topological polar surface area (TPSA) is 33.4 Å². The van der Waals surface area contributed by atoms with Crippen LogP contribution in [0.5, 0.6) is 0 Å². The normalized spacial score (nSPS) is 34.8. The molecule has 1 N–H and O–H groups in total. The number of hydrogen-bond acceptors (Lipinski definition) is 2. The van der Waals surface area contributed by atoms with Gasteiger partial charge in [0.1, 0.15) is 0 Å². The summed E-state index contributed by atoms with van der Waals surface area (Å²) in [6.45, 7) is 2.12. The van der Waals surface area contributed by atoms with E-state index >= 15 is 0 Å². The molecule has 2 atom stereocenters. The summed E-state index contributed by atoms with van der Waals surface area (Å²) in [5, 5.41) is 10.4. The van der Waals surface area contributed by atoms with Crippen LogP contribution < -0.4 is 0 Å². The van der Waals surface area contributed by atoms with Crippen LogP contribution in [0, 0.1) is 5.92 Å². The Balaban J connectivity index is 2.27. The van der Waals surface area contributed by atoms with Crippen molar-refractivity contribution in [3.05, 3.63) is 24.2 Å². The van der Waals surface area contributed by atoms with Crippen LogP contribution in [0.1, 0.15) is 38.2 Å². The minimum absolute atomic E-state index is 0.346. The first kappa shape index (κ1) is 8.82. The zero-order valence-electron chi connectivity index (χ0n) is 7.99. The van der Waals surface area contributed by atoms with E-state index in [2.05, 4.69) is 6.92 Å². The van der Waals surface area contributed by atoms with E-state index in [1.165, 1.54) is 6.42 Å². The predicted octanol–water partition coefficient (Wildman–Crippen LogP) is 2.68. The van der Waals surface area contributed by atoms with Crippen molar-refractivity contribution in [3.63, 3.8) is 0 Å². The van der Waals surface area contributed by atoms with Gasteiger partial charge in [0.15, 0.2) is 0 Å². The lowest BCUT2D eigenvalue weighted by Crippen LogP contribution is -2.35. The van der Waals surface area contributed by atoms with Gasteiger partial charge in [0.2, 0.25) is 0 Å². The molecular weight excluding hydrogens is 164 g/mol. The van der Waals surface area contributed by atoms with Gasteiger partial charge in [-0.15, -0.1) is 0 Å². The zero-order chi connectivity index (χ0) is 9.31. The van der Waals surface area contributed by atoms with Crippen molar-refractivity contribution < 1.29 is 9.52 Å². The molecule has 1 saturated carbocycles. The highest BCUT2D eigenvalue weighted by molar-refractivity contribution is 5.18. The molecule has 1 fully saturated rings. The van der Waals surface area contributed by atoms with Crippen molar-refractivity contribution >= 4 is 0 Å². The first-order valence-electron chi connectivity index (χ1n) is 4.98. The molecule has 13 heavy (non-hydrogen) atoms. The van der Waals surface area contributed by atoms with Crippen LogP contribution in [-0.4, -0.2) is 5.11 Å². The standard InChI is InChI=1S/C11H16O2/c1-9-4-2-3-6-11(9,12)10-5-7-13-8-10/h5,7-9,12H,2-4,6H2,1H3. The number of rotatable bonds is 1. The molecule has 0 aliphatic heterocycles. The van der Waals surface area contributed by atoms with Gasteiger partial charge in [0.05, 0.1) is 18.1 Å². The highest BCUT2D eigenvalue weighted by atomic mass is 16.3. The van der Waals surface area contributed by atoms with Gasteiger partial charge >= 0.3 is 0 Å². The smallest absolute Gasteiger partial charge is 0.0963 e. The highest BCUT2D eigenvalue weighted by Gasteiger charge is 2.38. The molecule has 72 valence electrons. The molecule has 2 heteroatoms. The molecule has 0 amide bonds. The van der Waals surface area contributed by atoms with Gasteiger partial charge in [0, 0.05) is 5.56 Å². The fourth-order valence-corrected chi connectivity index (χ4v) is 2.27. The minimum atomic E-state index is -0.634. The van der Waals surface area contributed by atoms with E-state index in [0.717, 1.165) is 24.8 Å². The molecule has 0 aromatic carbocycles. The van der Waals surface area contributed by atoms with Gasteiger partial charge in [-0.05, 0) is 24.8 Å². The van der Waals surface area contributed by atoms with E-state index in [9.17, 15) is 5.11 Å². The number of hydrogen-bond donors (Lipinski definition) is 1. The van der Waals surface area contributed by atoms with E-state index in [1.54, 1.807) is 12.5 Å². The van der Waals surface area contributed by atoms with E-state index in [1.807, 2.05) is 6.07 Å². The van der Waals surface area contributed by atoms with Crippen LogP contribution >= 0.6 is 0 Å². The molecule has 1 aromatic rings. The molecule has 1 heterocycles. The SMILES string of the molecule is CC1CCCCC1(O)c1ccoc1. The Kier molecular flexibility index (Phi) is 2.16. The molecule has 2 unspecified atom stereocenters. The quantitative estimate of drug-likeness (QED) is 0.720. The summed E-state index contributed by atoms with van der Waals surface area (Å²) in [4.78, 5) is 0. The van der Waals surface area contributed by atoms with Crippen LogP contribution in [-0.2, 0) is 5.60 Å². The summed E-state index contributed by atoms with van der Waals surface area (Å²) in [6.07, 6.45) is 7.64. The second kappa shape index (κ2) is 3.18. The number of furan rings is 1. The van der Waals surface area contributed by atoms with E-state index in [0.29, 0.717) is 5.92 Å². The van der Waals surface area contributed by atoms with Crippen LogP contribution in [0.4, 0.5) is 0 Å². The largest absolute Gasteiger partial charge is 0.472 e. The van der Waals surface area contributed by atoms with Gasteiger partial charge in [-0.2, -0.15) is 0 Å². The minimum Gasteiger partial charge on any atom is -0.472 e. The molecule has 2 nitrogen and oxygen atoms in total. The molecule has 1 aliphatic rings. The Morgan fingerprint density at radius 2 is 2.38 bits per heavy atom. The Morgan fingerprint density at radius 1 is 1.54 bits per heavy atom. The van der Waals surface area contributed by atoms with Gasteiger partial charge in [-0.3, -0.25) is 0 Å². The van der Waals surface area contributed by atoms with Gasteiger partial charge in [-0.1, -0.05) is 19.8 Å². The van der Waals surface area contributed by atoms with Crippen LogP contribution in [0.2, 0.25) is 0 Å². The van der Waals surface area contributed by atoms with Gasteiger partial charge in [0.25, 0.3) is 0 Å². The second-order valence-electron chi connectivity index (χ2n) is 4.08. The third kappa shape index (κ3) is 1.39. The summed E-state index contributed by atoms with van der Waals surface area (Å²) >= 11 is 0. The fraction of sp³-hybridized carbons (Fsp3) is 0.636. The van der Waals surface area contributed by atoms with Crippen molar-refractivity contribution in [2.75, 3.05) is 0 Å². The zero-order valence-corrected chi connectivity index (χ0v) is 7.99. The Labute approximate surface area is 78.6 Å². The first-order valence-corrected chi connectivity index (χ1v) is 4.98. The van der Waals surface area contributed by atoms with Gasteiger partial charge < -0.3 is 9.52 Å². The van der Waals surface area contributed by atoms with E-state index < -0.39 is 5.60 Å². The maximum Gasteiger partial charge on any atom is 0.0963 e. The maximum atomic E-state index is 10.4. The van der Waals surface area contributed by atoms with Crippen LogP contribution in [0.3, 0.4) is 0 Å². The fourth-order valence-electron chi connectivity index (χ4n) is 2.27. The summed E-state index contributed by atoms with van der Waals surface area (Å²) < 4.78 is 5.02. The molecule has 1 aliphatic carbocycles. The van der Waals surface area contributed by atoms with Crippen molar-refractivity contribution in [2.45, 2.75) is 38.2 Å². The van der Waals surface area contributed by atoms with E-state index in [-0.39, 0.29) is 0 Å². The summed E-state index contributed by atoms with van der Waals surface area (Å²) in [5.74, 6) is 0.346. The number of aliphatic hydroxyl groups is 1. The van der Waals surface area contributed by atoms with Crippen molar-refractivity contribution in [1.29, 1.82) is 0 Å². The molecule has 1 aromatic heterocycles. The Hall–Kier alpha value is -0.760. The Bertz CT molecular complexity index is 266. The van der Waals surface area contributed by atoms with Crippen molar-refractivity contribution in [3.8, 4) is 0 Å². The lowest BCUT2D eigenvalue weighted by atomic mass is 9.73. The third-order valence-electron chi connectivity index (χ3n) is 3.28. The lowest BCUT2D eigenvalue weighted by Gasteiger charge is -2.37. The molecule has 0 saturated heterocycles. The lowest BCUT2D eigenvalue weighted by molar-refractivity contribution is -0.0473. The predicted molar refractivity (Wildman–Crippen MR) is 50.2 cm³/mol. The molecule has 0 spiro atoms. The highest BCUT2D eigenvalue weighted by Crippen LogP contribution is 2.41. The molecular formula is C11H16O2. The van der Waals surface area contributed by atoms with Gasteiger partial charge in [-0.25, -0.2) is 0 Å². The third-order valence-corrected chi connectivity index (χ3v) is 3.28. The van der Waals surface area contributed by atoms with Crippen molar-refractivity contribution in [1.82, 2.24) is 0 Å². The molecule has 0 radical (unpaired) electrons. The van der Waals surface area contributed by atoms with Crippen molar-refractivity contribution in [2.24, 2.45) is 5.92 Å². The monoisotopic (exact) mass is 180 g/mol. The molecule has 2 rings (SSSR count). The average molecular weight is 180 g/mol. The summed E-state index contributed by atoms with van der Waals surface area (Å²) in [7, 11) is 0. The molecule has 0 bridgehead atoms. The van der Waals surface area contributed by atoms with Crippen LogP contribution in [0.25, 0.3) is 0 Å². The first-order chi connectivity index (χ1) is 6.23. The van der Waals surface area contributed by atoms with Crippen LogP contribution in [0.15, 0.2) is 23.0 Å². The maximum absolute atomic E-state index is 10.4.